The standard InChI is InChI=1S/C28H28F3N3O6/c1-17-23(32-25(40-17)19-5-3-2-4-6-19)11-12-39-21-9-7-18(8-10-21)13-20-14-34(15-22(20)26(36)37)27(38)33-24(16-35)28(29,30)31/h2-10,16,20,22,24H,11-15H2,1H3,(H,33,38)(H,36,37)/t20-,22+,24?/m1/s1. The number of aryl methyl sites for hydroxylation is 1. The largest absolute Gasteiger partial charge is 0.493 e. The van der Waals surface area contributed by atoms with Gasteiger partial charge in [0.2, 0.25) is 5.89 Å². The molecule has 0 radical (unpaired) electrons. The van der Waals surface area contributed by atoms with E-state index in [1.807, 2.05) is 37.3 Å². The molecular formula is C28H28F3N3O6. The number of alkyl halides is 3. The number of aliphatic carboxylic acids is 1. The molecule has 1 aliphatic heterocycles. The van der Waals surface area contributed by atoms with Gasteiger partial charge in [0, 0.05) is 25.1 Å². The van der Waals surface area contributed by atoms with Gasteiger partial charge in [0.15, 0.2) is 12.3 Å². The molecule has 0 aliphatic carbocycles. The zero-order valence-electron chi connectivity index (χ0n) is 21.6. The molecule has 0 bridgehead atoms. The molecular weight excluding hydrogens is 531 g/mol. The van der Waals surface area contributed by atoms with Gasteiger partial charge < -0.3 is 29.3 Å². The van der Waals surface area contributed by atoms with Crippen molar-refractivity contribution in [3.63, 3.8) is 0 Å². The van der Waals surface area contributed by atoms with Crippen molar-refractivity contribution < 1.29 is 41.8 Å². The molecule has 2 heterocycles. The number of carbonyl (C=O) groups excluding carboxylic acids is 2. The lowest BCUT2D eigenvalue weighted by atomic mass is 9.90. The van der Waals surface area contributed by atoms with Crippen molar-refractivity contribution in [2.45, 2.75) is 32.0 Å². The van der Waals surface area contributed by atoms with Gasteiger partial charge in [0.25, 0.3) is 0 Å². The van der Waals surface area contributed by atoms with E-state index < -0.39 is 42.3 Å². The van der Waals surface area contributed by atoms with Gasteiger partial charge in [0.05, 0.1) is 18.2 Å². The maximum atomic E-state index is 12.8. The van der Waals surface area contributed by atoms with Crippen LogP contribution in [0.15, 0.2) is 59.0 Å². The fourth-order valence-electron chi connectivity index (χ4n) is 4.60. The van der Waals surface area contributed by atoms with Crippen LogP contribution < -0.4 is 10.1 Å². The van der Waals surface area contributed by atoms with Gasteiger partial charge in [-0.2, -0.15) is 13.2 Å². The molecule has 212 valence electrons. The molecule has 0 spiro atoms. The Morgan fingerprint density at radius 1 is 1.18 bits per heavy atom. The number of amides is 2. The highest BCUT2D eigenvalue weighted by Crippen LogP contribution is 2.29. The number of nitrogens with zero attached hydrogens (tertiary/aromatic N) is 2. The van der Waals surface area contributed by atoms with Gasteiger partial charge in [-0.25, -0.2) is 9.78 Å². The Labute approximate surface area is 227 Å². The Bertz CT molecular complexity index is 1330. The highest BCUT2D eigenvalue weighted by atomic mass is 19.4. The van der Waals surface area contributed by atoms with Gasteiger partial charge in [0.1, 0.15) is 11.5 Å². The van der Waals surface area contributed by atoms with E-state index in [0.717, 1.165) is 21.7 Å². The molecule has 12 heteroatoms. The SMILES string of the molecule is Cc1oc(-c2ccccc2)nc1CCOc1ccc(C[C@@H]2CN(C(=O)NC(C=O)C(F)(F)F)C[C@@H]2C(=O)O)cc1. The van der Waals surface area contributed by atoms with Crippen molar-refractivity contribution >= 4 is 18.3 Å². The van der Waals surface area contributed by atoms with E-state index in [0.29, 0.717) is 30.4 Å². The average Bonchev–Trinajstić information content (AvgIpc) is 3.52. The van der Waals surface area contributed by atoms with E-state index in [-0.39, 0.29) is 19.5 Å². The minimum absolute atomic E-state index is 0.0630. The van der Waals surface area contributed by atoms with E-state index in [9.17, 15) is 32.7 Å². The maximum absolute atomic E-state index is 12.8. The number of carboxylic acids is 1. The number of aromatic nitrogens is 1. The summed E-state index contributed by atoms with van der Waals surface area (Å²) in [4.78, 5) is 40.4. The summed E-state index contributed by atoms with van der Waals surface area (Å²) in [6, 6.07) is 12.8. The van der Waals surface area contributed by atoms with Crippen LogP contribution in [0.5, 0.6) is 5.75 Å². The first kappa shape index (κ1) is 28.7. The number of carbonyl (C=O) groups is 3. The highest BCUT2D eigenvalue weighted by molar-refractivity contribution is 5.80. The summed E-state index contributed by atoms with van der Waals surface area (Å²) >= 11 is 0. The van der Waals surface area contributed by atoms with Crippen LogP contribution in [-0.2, 0) is 22.4 Å². The Kier molecular flexibility index (Phi) is 8.76. The predicted molar refractivity (Wildman–Crippen MR) is 137 cm³/mol. The highest BCUT2D eigenvalue weighted by Gasteiger charge is 2.44. The van der Waals surface area contributed by atoms with E-state index >= 15 is 0 Å². The first-order chi connectivity index (χ1) is 19.0. The molecule has 0 saturated carbocycles. The van der Waals surface area contributed by atoms with Gasteiger partial charge >= 0.3 is 18.2 Å². The van der Waals surface area contributed by atoms with Crippen LogP contribution in [0.3, 0.4) is 0 Å². The number of hydrogen-bond acceptors (Lipinski definition) is 6. The zero-order chi connectivity index (χ0) is 28.9. The van der Waals surface area contributed by atoms with Crippen LogP contribution >= 0.6 is 0 Å². The summed E-state index contributed by atoms with van der Waals surface area (Å²) in [7, 11) is 0. The van der Waals surface area contributed by atoms with Crippen LogP contribution in [0.1, 0.15) is 17.0 Å². The lowest BCUT2D eigenvalue weighted by molar-refractivity contribution is -0.158. The second-order valence-electron chi connectivity index (χ2n) is 9.55. The number of likely N-dealkylation sites (tertiary alicyclic amines) is 1. The van der Waals surface area contributed by atoms with Crippen molar-refractivity contribution in [1.29, 1.82) is 0 Å². The monoisotopic (exact) mass is 559 g/mol. The Hall–Kier alpha value is -4.35. The fraction of sp³-hybridized carbons (Fsp3) is 0.357. The molecule has 2 N–H and O–H groups in total. The zero-order valence-corrected chi connectivity index (χ0v) is 21.6. The van der Waals surface area contributed by atoms with Crippen molar-refractivity contribution in [3.05, 3.63) is 71.6 Å². The van der Waals surface area contributed by atoms with Gasteiger partial charge in [-0.1, -0.05) is 30.3 Å². The number of halogens is 3. The molecule has 1 aliphatic rings. The number of nitrogens with one attached hydrogen (secondary N) is 1. The third-order valence-electron chi connectivity index (χ3n) is 6.76. The molecule has 4 rings (SSSR count). The van der Waals surface area contributed by atoms with Crippen LogP contribution in [-0.4, -0.2) is 65.2 Å². The lowest BCUT2D eigenvalue weighted by Gasteiger charge is -2.21. The number of ether oxygens (including phenoxy) is 1. The summed E-state index contributed by atoms with van der Waals surface area (Å²) in [6.07, 6.45) is -4.52. The van der Waals surface area contributed by atoms with Crippen molar-refractivity contribution in [2.24, 2.45) is 11.8 Å². The molecule has 2 amide bonds. The summed E-state index contributed by atoms with van der Waals surface area (Å²) in [5, 5.41) is 11.2. The topological polar surface area (TPSA) is 122 Å². The first-order valence-electron chi connectivity index (χ1n) is 12.6. The fourth-order valence-corrected chi connectivity index (χ4v) is 4.60. The third-order valence-corrected chi connectivity index (χ3v) is 6.76. The van der Waals surface area contributed by atoms with E-state index in [4.69, 9.17) is 9.15 Å². The molecule has 1 unspecified atom stereocenters. The molecule has 1 aromatic heterocycles. The number of oxazole rings is 1. The Balaban J connectivity index is 1.31. The van der Waals surface area contributed by atoms with E-state index in [1.54, 1.807) is 29.6 Å². The van der Waals surface area contributed by atoms with Crippen molar-refractivity contribution in [3.8, 4) is 17.2 Å². The number of hydrogen-bond donors (Lipinski definition) is 2. The average molecular weight is 560 g/mol. The Morgan fingerprint density at radius 2 is 1.88 bits per heavy atom. The molecule has 3 atom stereocenters. The third kappa shape index (κ3) is 6.99. The molecule has 1 saturated heterocycles. The molecule has 2 aromatic carbocycles. The van der Waals surface area contributed by atoms with Gasteiger partial charge in [-0.15, -0.1) is 0 Å². The maximum Gasteiger partial charge on any atom is 0.415 e. The minimum Gasteiger partial charge on any atom is -0.493 e. The number of aldehydes is 1. The van der Waals surface area contributed by atoms with Crippen LogP contribution in [0, 0.1) is 18.8 Å². The number of rotatable bonds is 10. The van der Waals surface area contributed by atoms with Crippen LogP contribution in [0.4, 0.5) is 18.0 Å². The van der Waals surface area contributed by atoms with Gasteiger partial charge in [-0.3, -0.25) is 4.79 Å². The van der Waals surface area contributed by atoms with Gasteiger partial charge in [-0.05, 0) is 49.1 Å². The lowest BCUT2D eigenvalue weighted by Crippen LogP contribution is -2.51. The van der Waals surface area contributed by atoms with Crippen LogP contribution in [0.25, 0.3) is 11.5 Å². The first-order valence-corrected chi connectivity index (χ1v) is 12.6. The van der Waals surface area contributed by atoms with Crippen molar-refractivity contribution in [1.82, 2.24) is 15.2 Å². The van der Waals surface area contributed by atoms with E-state index in [2.05, 4.69) is 4.98 Å². The second-order valence-corrected chi connectivity index (χ2v) is 9.55. The minimum atomic E-state index is -4.94. The smallest absolute Gasteiger partial charge is 0.415 e. The predicted octanol–water partition coefficient (Wildman–Crippen LogP) is 4.29. The van der Waals surface area contributed by atoms with Crippen LogP contribution in [0.2, 0.25) is 0 Å². The number of urea groups is 1. The molecule has 9 nitrogen and oxygen atoms in total. The number of carboxylic acid groups (broad SMARTS) is 1. The van der Waals surface area contributed by atoms with E-state index in [1.165, 1.54) is 0 Å². The molecule has 40 heavy (non-hydrogen) atoms. The Morgan fingerprint density at radius 3 is 2.50 bits per heavy atom. The second kappa shape index (κ2) is 12.2. The summed E-state index contributed by atoms with van der Waals surface area (Å²) in [5.74, 6) is -0.781. The molecule has 3 aromatic rings. The normalized spacial score (nSPS) is 17.9. The molecule has 1 fully saturated rings. The van der Waals surface area contributed by atoms with Crippen molar-refractivity contribution in [2.75, 3.05) is 19.7 Å². The summed E-state index contributed by atoms with van der Waals surface area (Å²) in [5.41, 5.74) is 2.46. The quantitative estimate of drug-likeness (QED) is 0.356. The number of benzene rings is 2. The summed E-state index contributed by atoms with van der Waals surface area (Å²) < 4.78 is 50.1. The summed E-state index contributed by atoms with van der Waals surface area (Å²) in [6.45, 7) is 1.88.